The number of carbonyl (C=O) groups excluding carboxylic acids is 3. The summed E-state index contributed by atoms with van der Waals surface area (Å²) in [6, 6.07) is 5.05. The highest BCUT2D eigenvalue weighted by molar-refractivity contribution is 6.30. The highest BCUT2D eigenvalue weighted by Crippen LogP contribution is 2.34. The Bertz CT molecular complexity index is 1280. The number of nitrogens with one attached hydrogen (secondary N) is 3. The molecule has 19 nitrogen and oxygen atoms in total. The molecule has 6 atom stereocenters. The first-order valence-corrected chi connectivity index (χ1v) is 19.1. The lowest BCUT2D eigenvalue weighted by Gasteiger charge is -2.46. The monoisotopic (exact) mass is 822 g/mol. The molecule has 0 bridgehead atoms. The van der Waals surface area contributed by atoms with Crippen LogP contribution in [0.1, 0.15) is 44.1 Å². The first-order chi connectivity index (χ1) is 26.9. The molecule has 10 N–H and O–H groups in total. The predicted octanol–water partition coefficient (Wildman–Crippen LogP) is -1.76. The van der Waals surface area contributed by atoms with E-state index in [0.29, 0.717) is 102 Å². The lowest BCUT2D eigenvalue weighted by Crippen LogP contribution is -2.68. The average Bonchev–Trinajstić information content (AvgIpc) is 3.17. The Kier molecular flexibility index (Phi) is 24.9. The van der Waals surface area contributed by atoms with Crippen LogP contribution in [-0.4, -0.2) is 171 Å². The van der Waals surface area contributed by atoms with Gasteiger partial charge in [0.05, 0.1) is 84.1 Å². The van der Waals surface area contributed by atoms with Gasteiger partial charge in [-0.1, -0.05) is 36.6 Å². The third kappa shape index (κ3) is 19.4. The molecule has 1 aliphatic rings. The molecule has 20 heteroatoms. The van der Waals surface area contributed by atoms with Crippen molar-refractivity contribution in [2.24, 2.45) is 5.73 Å². The number of hydrogen-bond acceptors (Lipinski definition) is 15. The number of aliphatic hydroxyl groups is 4. The Morgan fingerprint density at radius 1 is 0.839 bits per heavy atom. The highest BCUT2D eigenvalue weighted by atomic mass is 35.5. The molecular formula is C36H59ClN4O15. The van der Waals surface area contributed by atoms with Crippen molar-refractivity contribution in [1.82, 2.24) is 16.0 Å². The molecule has 0 spiro atoms. The van der Waals surface area contributed by atoms with Crippen LogP contribution in [0.2, 0.25) is 5.02 Å². The Morgan fingerprint density at radius 2 is 1.45 bits per heavy atom. The summed E-state index contributed by atoms with van der Waals surface area (Å²) in [6.07, 6.45) is -5.38. The first kappa shape index (κ1) is 49.1. The summed E-state index contributed by atoms with van der Waals surface area (Å²) in [7, 11) is 0. The zero-order chi connectivity index (χ0) is 41.2. The number of unbranched alkanes of at least 4 members (excludes halogenated alkanes) is 3. The van der Waals surface area contributed by atoms with Crippen molar-refractivity contribution < 1.29 is 73.1 Å². The van der Waals surface area contributed by atoms with E-state index in [1.165, 1.54) is 0 Å². The van der Waals surface area contributed by atoms with Gasteiger partial charge >= 0.3 is 5.97 Å². The number of hydrogen-bond donors (Lipinski definition) is 9. The number of ether oxygens (including phenoxy) is 6. The van der Waals surface area contributed by atoms with E-state index in [4.69, 9.17) is 45.8 Å². The predicted molar refractivity (Wildman–Crippen MR) is 199 cm³/mol. The minimum absolute atomic E-state index is 0.0599. The fourth-order valence-electron chi connectivity index (χ4n) is 5.53. The van der Waals surface area contributed by atoms with Crippen LogP contribution in [0.3, 0.4) is 0 Å². The highest BCUT2D eigenvalue weighted by Gasteiger charge is 2.55. The number of halogens is 1. The summed E-state index contributed by atoms with van der Waals surface area (Å²) in [5.41, 5.74) is 5.97. The minimum Gasteiger partial charge on any atom is -0.477 e. The third-order valence-electron chi connectivity index (χ3n) is 8.47. The van der Waals surface area contributed by atoms with E-state index < -0.39 is 73.6 Å². The van der Waals surface area contributed by atoms with E-state index in [1.807, 2.05) is 0 Å². The Hall–Kier alpha value is -3.05. The van der Waals surface area contributed by atoms with Crippen molar-refractivity contribution in [3.05, 3.63) is 34.9 Å². The molecule has 0 saturated carbocycles. The Labute approximate surface area is 331 Å². The molecule has 56 heavy (non-hydrogen) atoms. The normalized spacial score (nSPS) is 20.6. The van der Waals surface area contributed by atoms with Gasteiger partial charge in [0.2, 0.25) is 17.7 Å². The molecule has 2 rings (SSSR count). The zero-order valence-electron chi connectivity index (χ0n) is 31.6. The van der Waals surface area contributed by atoms with Gasteiger partial charge in [0.15, 0.2) is 0 Å². The number of nitrogens with two attached hydrogens (primary N) is 1. The summed E-state index contributed by atoms with van der Waals surface area (Å²) < 4.78 is 32.8. The van der Waals surface area contributed by atoms with Gasteiger partial charge in [-0.3, -0.25) is 14.4 Å². The van der Waals surface area contributed by atoms with Crippen molar-refractivity contribution in [1.29, 1.82) is 0 Å². The van der Waals surface area contributed by atoms with Crippen LogP contribution in [-0.2, 0) is 54.0 Å². The number of amides is 3. The van der Waals surface area contributed by atoms with E-state index in [0.717, 1.165) is 0 Å². The van der Waals surface area contributed by atoms with Crippen molar-refractivity contribution in [3.63, 3.8) is 0 Å². The number of carboxylic acid groups (broad SMARTS) is 1. The van der Waals surface area contributed by atoms with Gasteiger partial charge in [-0.25, -0.2) is 4.79 Å². The molecular weight excluding hydrogens is 764 g/mol. The van der Waals surface area contributed by atoms with Crippen molar-refractivity contribution in [2.45, 2.75) is 81.2 Å². The fourth-order valence-corrected chi connectivity index (χ4v) is 5.66. The van der Waals surface area contributed by atoms with Crippen LogP contribution in [0.25, 0.3) is 0 Å². The molecule has 0 aromatic heterocycles. The molecule has 0 unspecified atom stereocenters. The van der Waals surface area contributed by atoms with Crippen LogP contribution >= 0.6 is 11.6 Å². The molecule has 1 fully saturated rings. The molecule has 1 saturated heterocycles. The van der Waals surface area contributed by atoms with Crippen LogP contribution in [0.15, 0.2) is 24.3 Å². The van der Waals surface area contributed by atoms with Gasteiger partial charge in [0.1, 0.15) is 18.8 Å². The van der Waals surface area contributed by atoms with Crippen molar-refractivity contribution in [2.75, 3.05) is 85.7 Å². The largest absolute Gasteiger partial charge is 0.477 e. The van der Waals surface area contributed by atoms with E-state index in [9.17, 15) is 44.7 Å². The Morgan fingerprint density at radius 3 is 2.05 bits per heavy atom. The summed E-state index contributed by atoms with van der Waals surface area (Å²) in [4.78, 5) is 49.1. The van der Waals surface area contributed by atoms with E-state index in [1.54, 1.807) is 24.3 Å². The molecule has 1 aliphatic heterocycles. The first-order valence-electron chi connectivity index (χ1n) is 18.7. The average molecular weight is 823 g/mol. The summed E-state index contributed by atoms with van der Waals surface area (Å²) in [6.45, 7) is 2.66. The van der Waals surface area contributed by atoms with E-state index in [-0.39, 0.29) is 25.4 Å². The van der Waals surface area contributed by atoms with Gasteiger partial charge in [-0.2, -0.15) is 0 Å². The molecule has 0 radical (unpaired) electrons. The van der Waals surface area contributed by atoms with Crippen molar-refractivity contribution >= 4 is 35.3 Å². The van der Waals surface area contributed by atoms with Crippen LogP contribution in [0.4, 0.5) is 0 Å². The van der Waals surface area contributed by atoms with Crippen LogP contribution in [0.5, 0.6) is 0 Å². The molecule has 1 aromatic carbocycles. The maximum atomic E-state index is 12.5. The van der Waals surface area contributed by atoms with Crippen LogP contribution < -0.4 is 21.7 Å². The van der Waals surface area contributed by atoms with Gasteiger partial charge in [0, 0.05) is 37.5 Å². The van der Waals surface area contributed by atoms with E-state index in [2.05, 4.69) is 16.0 Å². The summed E-state index contributed by atoms with van der Waals surface area (Å²) in [5.74, 6) is -5.68. The second-order valence-electron chi connectivity index (χ2n) is 12.9. The standard InChI is InChI=1S/C36H59ClN4O15/c37-26-8-6-25(7-9-26)21-30(46)40-23-28(44)33(48)34-32(41-31(47)24-42)27(43)22-36(56-34,35(49)50)55-12-4-2-1-3-5-29(45)39-11-14-52-16-18-54-20-19-53-17-15-51-13-10-38/h6-9,27-28,32-34,42-44,48H,1-5,10-24,38H2,(H,39,45)(H,40,46)(H,41,47)(H,49,50)/t27-,28+,32+,33+,34+,36+/m0/s1. The number of rotatable bonds is 31. The zero-order valence-corrected chi connectivity index (χ0v) is 32.4. The quantitative estimate of drug-likeness (QED) is 0.0375. The van der Waals surface area contributed by atoms with E-state index >= 15 is 0 Å². The molecule has 1 aromatic rings. The minimum atomic E-state index is -2.47. The summed E-state index contributed by atoms with van der Waals surface area (Å²) in [5, 5.41) is 60.2. The van der Waals surface area contributed by atoms with Gasteiger partial charge < -0.3 is 75.6 Å². The van der Waals surface area contributed by atoms with Crippen molar-refractivity contribution in [3.8, 4) is 0 Å². The topological polar surface area (TPSA) is 287 Å². The van der Waals surface area contributed by atoms with Crippen LogP contribution in [0, 0.1) is 0 Å². The number of aliphatic hydroxyl groups excluding tert-OH is 4. The third-order valence-corrected chi connectivity index (χ3v) is 8.72. The number of benzene rings is 1. The van der Waals surface area contributed by atoms with Gasteiger partial charge in [-0.05, 0) is 30.5 Å². The van der Waals surface area contributed by atoms with Gasteiger partial charge in [-0.15, -0.1) is 0 Å². The fraction of sp³-hybridized carbons (Fsp3) is 0.722. The number of carboxylic acids is 1. The molecule has 320 valence electrons. The lowest BCUT2D eigenvalue weighted by atomic mass is 9.88. The summed E-state index contributed by atoms with van der Waals surface area (Å²) >= 11 is 5.87. The second-order valence-corrected chi connectivity index (χ2v) is 13.4. The van der Waals surface area contributed by atoms with Gasteiger partial charge in [0.25, 0.3) is 5.79 Å². The SMILES string of the molecule is NCCOCCOCCOCCOCCNC(=O)CCCCCCO[C@]1(C(=O)O)C[C@H](O)[C@@H](NC(=O)CO)[C@H]([C@H](O)[C@H](O)CNC(=O)Cc2ccc(Cl)cc2)O1. The maximum Gasteiger partial charge on any atom is 0.364 e. The molecule has 3 amide bonds. The Balaban J connectivity index is 1.72. The second kappa shape index (κ2) is 28.4. The number of carbonyl (C=O) groups is 4. The maximum absolute atomic E-state index is 12.5. The molecule has 1 heterocycles. The smallest absolute Gasteiger partial charge is 0.364 e. The number of aliphatic carboxylic acids is 1. The lowest BCUT2D eigenvalue weighted by molar-refractivity contribution is -0.310. The molecule has 0 aliphatic carbocycles.